The first-order valence-corrected chi connectivity index (χ1v) is 10.3. The Kier molecular flexibility index (Phi) is 4.68. The highest BCUT2D eigenvalue weighted by Gasteiger charge is 2.16. The zero-order chi connectivity index (χ0) is 20.7. The number of aromatic amines is 1. The molecule has 0 atom stereocenters. The van der Waals surface area contributed by atoms with Gasteiger partial charge < -0.3 is 19.9 Å². The summed E-state index contributed by atoms with van der Waals surface area (Å²) >= 11 is 0. The van der Waals surface area contributed by atoms with E-state index in [4.69, 9.17) is 9.72 Å². The summed E-state index contributed by atoms with van der Waals surface area (Å²) in [6, 6.07) is 18.9. The van der Waals surface area contributed by atoms with Crippen LogP contribution in [0.15, 0.2) is 54.6 Å². The number of methoxy groups -OCH3 is 1. The highest BCUT2D eigenvalue weighted by Crippen LogP contribution is 2.39. The van der Waals surface area contributed by atoms with E-state index in [1.54, 1.807) is 7.11 Å². The molecule has 0 unspecified atom stereocenters. The van der Waals surface area contributed by atoms with Gasteiger partial charge >= 0.3 is 0 Å². The third kappa shape index (κ3) is 3.12. The molecule has 0 spiro atoms. The minimum absolute atomic E-state index is 0.868. The molecule has 152 valence electrons. The monoisotopic (exact) mass is 398 g/mol. The number of pyridine rings is 1. The molecule has 0 saturated carbocycles. The number of benzene rings is 3. The Labute approximate surface area is 175 Å². The molecule has 5 aromatic rings. The second kappa shape index (κ2) is 7.50. The largest absolute Gasteiger partial charge is 0.497 e. The van der Waals surface area contributed by atoms with Gasteiger partial charge in [-0.1, -0.05) is 24.3 Å². The first kappa shape index (κ1) is 18.7. The molecule has 5 nitrogen and oxygen atoms in total. The van der Waals surface area contributed by atoms with Crippen molar-refractivity contribution in [2.75, 3.05) is 39.6 Å². The van der Waals surface area contributed by atoms with Crippen molar-refractivity contribution in [2.45, 2.75) is 6.42 Å². The van der Waals surface area contributed by atoms with E-state index in [-0.39, 0.29) is 0 Å². The summed E-state index contributed by atoms with van der Waals surface area (Å²) in [6.07, 6.45) is 1.06. The smallest absolute Gasteiger partial charge is 0.136 e. The van der Waals surface area contributed by atoms with Crippen LogP contribution < -0.4 is 10.1 Å². The van der Waals surface area contributed by atoms with Crippen LogP contribution in [0.2, 0.25) is 0 Å². The molecule has 2 aromatic heterocycles. The number of aromatic nitrogens is 2. The van der Waals surface area contributed by atoms with Crippen molar-refractivity contribution in [1.82, 2.24) is 14.9 Å². The van der Waals surface area contributed by atoms with Gasteiger partial charge in [-0.2, -0.15) is 0 Å². The number of para-hydroxylation sites is 1. The number of rotatable bonds is 6. The normalized spacial score (nSPS) is 11.9. The minimum Gasteiger partial charge on any atom is -0.497 e. The predicted octanol–water partition coefficient (Wildman–Crippen LogP) is 5.39. The van der Waals surface area contributed by atoms with Crippen LogP contribution in [0.1, 0.15) is 6.42 Å². The first-order valence-electron chi connectivity index (χ1n) is 10.3. The van der Waals surface area contributed by atoms with Crippen molar-refractivity contribution in [1.29, 1.82) is 0 Å². The van der Waals surface area contributed by atoms with Crippen LogP contribution in [-0.2, 0) is 0 Å². The van der Waals surface area contributed by atoms with Crippen molar-refractivity contribution in [3.8, 4) is 5.75 Å². The Hall–Kier alpha value is -3.31. The maximum Gasteiger partial charge on any atom is 0.136 e. The van der Waals surface area contributed by atoms with Crippen molar-refractivity contribution >= 4 is 49.3 Å². The molecular formula is C25H26N4O. The fourth-order valence-corrected chi connectivity index (χ4v) is 4.26. The Bertz CT molecular complexity index is 1370. The van der Waals surface area contributed by atoms with Gasteiger partial charge in [-0.3, -0.25) is 0 Å². The van der Waals surface area contributed by atoms with E-state index in [1.807, 2.05) is 12.1 Å². The fourth-order valence-electron chi connectivity index (χ4n) is 4.26. The maximum absolute atomic E-state index is 5.43. The third-order valence-corrected chi connectivity index (χ3v) is 5.70. The van der Waals surface area contributed by atoms with E-state index in [0.717, 1.165) is 63.8 Å². The molecule has 0 bridgehead atoms. The molecule has 5 rings (SSSR count). The first-order chi connectivity index (χ1) is 14.7. The van der Waals surface area contributed by atoms with Crippen molar-refractivity contribution < 1.29 is 4.74 Å². The van der Waals surface area contributed by atoms with E-state index in [1.165, 1.54) is 10.8 Å². The molecule has 3 aromatic carbocycles. The van der Waals surface area contributed by atoms with Gasteiger partial charge in [-0.25, -0.2) is 4.98 Å². The Morgan fingerprint density at radius 1 is 1.00 bits per heavy atom. The zero-order valence-electron chi connectivity index (χ0n) is 17.6. The van der Waals surface area contributed by atoms with Crippen LogP contribution in [0.4, 0.5) is 5.82 Å². The lowest BCUT2D eigenvalue weighted by Gasteiger charge is -2.12. The lowest BCUT2D eigenvalue weighted by Crippen LogP contribution is -2.16. The summed E-state index contributed by atoms with van der Waals surface area (Å²) in [5.41, 5.74) is 3.25. The second-order valence-corrected chi connectivity index (χ2v) is 8.01. The molecule has 0 aliphatic carbocycles. The average Bonchev–Trinajstić information content (AvgIpc) is 3.16. The number of nitrogens with one attached hydrogen (secondary N) is 2. The number of H-pyrrole nitrogens is 1. The van der Waals surface area contributed by atoms with E-state index >= 15 is 0 Å². The van der Waals surface area contributed by atoms with E-state index in [0.29, 0.717) is 0 Å². The van der Waals surface area contributed by atoms with Gasteiger partial charge in [0.2, 0.25) is 0 Å². The van der Waals surface area contributed by atoms with Crippen LogP contribution in [-0.4, -0.2) is 49.2 Å². The van der Waals surface area contributed by atoms with Gasteiger partial charge in [-0.05, 0) is 68.2 Å². The zero-order valence-corrected chi connectivity index (χ0v) is 17.6. The number of anilines is 1. The second-order valence-electron chi connectivity index (χ2n) is 8.01. The molecule has 2 heterocycles. The molecule has 0 fully saturated rings. The van der Waals surface area contributed by atoms with Crippen LogP contribution in [0.3, 0.4) is 0 Å². The molecule has 2 N–H and O–H groups in total. The van der Waals surface area contributed by atoms with Gasteiger partial charge in [-0.15, -0.1) is 0 Å². The lowest BCUT2D eigenvalue weighted by atomic mass is 10.0. The third-order valence-electron chi connectivity index (χ3n) is 5.70. The highest BCUT2D eigenvalue weighted by atomic mass is 16.5. The summed E-state index contributed by atoms with van der Waals surface area (Å²) in [4.78, 5) is 10.9. The van der Waals surface area contributed by atoms with Crippen molar-refractivity contribution in [2.24, 2.45) is 0 Å². The quantitative estimate of drug-likeness (QED) is 0.376. The molecule has 5 heteroatoms. The summed E-state index contributed by atoms with van der Waals surface area (Å²) in [7, 11) is 5.91. The van der Waals surface area contributed by atoms with Gasteiger partial charge in [0.05, 0.1) is 23.5 Å². The summed E-state index contributed by atoms with van der Waals surface area (Å²) in [5.74, 6) is 1.81. The van der Waals surface area contributed by atoms with Crippen LogP contribution in [0.25, 0.3) is 43.5 Å². The van der Waals surface area contributed by atoms with Crippen molar-refractivity contribution in [3.05, 3.63) is 54.6 Å². The molecule has 0 aliphatic rings. The number of hydrogen-bond donors (Lipinski definition) is 2. The van der Waals surface area contributed by atoms with Crippen LogP contribution in [0, 0.1) is 0 Å². The Balaban J connectivity index is 1.77. The molecular weight excluding hydrogens is 372 g/mol. The van der Waals surface area contributed by atoms with E-state index < -0.39 is 0 Å². The van der Waals surface area contributed by atoms with Gasteiger partial charge in [0.15, 0.2) is 0 Å². The molecule has 0 saturated heterocycles. The van der Waals surface area contributed by atoms with Crippen molar-refractivity contribution in [3.63, 3.8) is 0 Å². The van der Waals surface area contributed by atoms with Gasteiger partial charge in [0.1, 0.15) is 11.6 Å². The highest BCUT2D eigenvalue weighted by molar-refractivity contribution is 6.27. The minimum atomic E-state index is 0.868. The summed E-state index contributed by atoms with van der Waals surface area (Å²) < 4.78 is 5.43. The summed E-state index contributed by atoms with van der Waals surface area (Å²) in [5, 5.41) is 9.49. The van der Waals surface area contributed by atoms with Gasteiger partial charge in [0, 0.05) is 22.8 Å². The number of fused-ring (bicyclic) bond motifs is 7. The van der Waals surface area contributed by atoms with Crippen LogP contribution >= 0.6 is 0 Å². The Morgan fingerprint density at radius 2 is 1.87 bits per heavy atom. The molecule has 0 radical (unpaired) electrons. The van der Waals surface area contributed by atoms with Gasteiger partial charge in [0.25, 0.3) is 0 Å². The fraction of sp³-hybridized carbons (Fsp3) is 0.240. The SMILES string of the molecule is COc1ccc2c(ccc3[nH]c4c5ccccc5nc(NCCCN(C)C)c4c32)c1. The Morgan fingerprint density at radius 3 is 2.70 bits per heavy atom. The standard InChI is InChI=1S/C25H26N4O/c1-29(2)14-6-13-26-25-23-22-18-11-10-17(30-3)15-16(18)9-12-21(22)27-24(23)19-7-4-5-8-20(19)28-25/h4-5,7-12,15,27H,6,13-14H2,1-3H3,(H,26,28). The summed E-state index contributed by atoms with van der Waals surface area (Å²) in [6.45, 7) is 1.92. The average molecular weight is 399 g/mol. The molecule has 0 aliphatic heterocycles. The topological polar surface area (TPSA) is 53.2 Å². The molecule has 30 heavy (non-hydrogen) atoms. The lowest BCUT2D eigenvalue weighted by molar-refractivity contribution is 0.405. The number of ether oxygens (including phenoxy) is 1. The van der Waals surface area contributed by atoms with Crippen LogP contribution in [0.5, 0.6) is 5.75 Å². The molecule has 0 amide bonds. The number of nitrogens with zero attached hydrogens (tertiary/aromatic N) is 2. The predicted molar refractivity (Wildman–Crippen MR) is 127 cm³/mol. The number of hydrogen-bond acceptors (Lipinski definition) is 4. The maximum atomic E-state index is 5.43. The van der Waals surface area contributed by atoms with E-state index in [9.17, 15) is 0 Å². The van der Waals surface area contributed by atoms with E-state index in [2.05, 4.69) is 71.8 Å².